The number of nitrogen functional groups attached to an aromatic ring is 1. The maximum atomic E-state index is 6.35. The van der Waals surface area contributed by atoms with Crippen LogP contribution in [0.2, 0.25) is 0 Å². The zero-order valence-electron chi connectivity index (χ0n) is 15.6. The molecule has 0 bridgehead atoms. The highest BCUT2D eigenvalue weighted by Gasteiger charge is 2.17. The first kappa shape index (κ1) is 18.9. The van der Waals surface area contributed by atoms with Gasteiger partial charge in [0.1, 0.15) is 17.8 Å². The summed E-state index contributed by atoms with van der Waals surface area (Å²) in [5.74, 6) is 1.63. The first-order valence-corrected chi connectivity index (χ1v) is 8.73. The van der Waals surface area contributed by atoms with Crippen LogP contribution in [0.15, 0.2) is 48.8 Å². The standard InChI is InChI=1S/C20H24N4O3/c1-25-12-10-24(11-13-26-2)19-18(21)20(23-14-22-19)27-17-9-5-7-15-6-3-4-8-16(15)17/h3-9,14H,10-13,21H2,1-2H3. The second-order valence-corrected chi connectivity index (χ2v) is 5.97. The van der Waals surface area contributed by atoms with Crippen LogP contribution in [-0.4, -0.2) is 50.5 Å². The van der Waals surface area contributed by atoms with Gasteiger partial charge in [-0.25, -0.2) is 4.98 Å². The number of ether oxygens (including phenoxy) is 3. The lowest BCUT2D eigenvalue weighted by Crippen LogP contribution is -2.32. The molecular formula is C20H24N4O3. The Morgan fingerprint density at radius 1 is 0.926 bits per heavy atom. The minimum atomic E-state index is 0.330. The van der Waals surface area contributed by atoms with Crippen LogP contribution in [0.4, 0.5) is 11.5 Å². The van der Waals surface area contributed by atoms with Crippen LogP contribution in [0.5, 0.6) is 11.6 Å². The van der Waals surface area contributed by atoms with Gasteiger partial charge in [-0.2, -0.15) is 4.98 Å². The van der Waals surface area contributed by atoms with E-state index < -0.39 is 0 Å². The molecule has 7 heteroatoms. The average molecular weight is 368 g/mol. The van der Waals surface area contributed by atoms with Crippen LogP contribution in [0.25, 0.3) is 10.8 Å². The molecule has 1 heterocycles. The van der Waals surface area contributed by atoms with Crippen molar-refractivity contribution in [2.24, 2.45) is 0 Å². The van der Waals surface area contributed by atoms with Crippen molar-refractivity contribution < 1.29 is 14.2 Å². The first-order chi connectivity index (χ1) is 13.2. The zero-order chi connectivity index (χ0) is 19.1. The third-order valence-corrected chi connectivity index (χ3v) is 4.21. The predicted octanol–water partition coefficient (Wildman–Crippen LogP) is 3.10. The molecule has 0 aliphatic carbocycles. The third kappa shape index (κ3) is 4.45. The number of rotatable bonds is 9. The molecule has 3 rings (SSSR count). The van der Waals surface area contributed by atoms with Crippen LogP contribution in [-0.2, 0) is 9.47 Å². The Morgan fingerprint density at radius 2 is 1.63 bits per heavy atom. The van der Waals surface area contributed by atoms with E-state index in [1.54, 1.807) is 14.2 Å². The fraction of sp³-hybridized carbons (Fsp3) is 0.300. The Labute approximate surface area is 158 Å². The van der Waals surface area contributed by atoms with Crippen molar-refractivity contribution in [3.63, 3.8) is 0 Å². The monoisotopic (exact) mass is 368 g/mol. The summed E-state index contributed by atoms with van der Waals surface area (Å²) in [4.78, 5) is 10.6. The van der Waals surface area contributed by atoms with Crippen molar-refractivity contribution in [3.05, 3.63) is 48.8 Å². The highest BCUT2D eigenvalue weighted by atomic mass is 16.5. The highest BCUT2D eigenvalue weighted by molar-refractivity contribution is 5.88. The van der Waals surface area contributed by atoms with Gasteiger partial charge in [-0.1, -0.05) is 36.4 Å². The fourth-order valence-electron chi connectivity index (χ4n) is 2.82. The summed E-state index contributed by atoms with van der Waals surface area (Å²) in [6, 6.07) is 13.9. The largest absolute Gasteiger partial charge is 0.436 e. The van der Waals surface area contributed by atoms with Gasteiger partial charge in [0.15, 0.2) is 5.82 Å². The van der Waals surface area contributed by atoms with Crippen molar-refractivity contribution in [1.29, 1.82) is 0 Å². The topological polar surface area (TPSA) is 82.7 Å². The normalized spacial score (nSPS) is 10.9. The minimum Gasteiger partial charge on any atom is -0.436 e. The van der Waals surface area contributed by atoms with Crippen LogP contribution in [0.1, 0.15) is 0 Å². The van der Waals surface area contributed by atoms with E-state index in [4.69, 9.17) is 19.9 Å². The summed E-state index contributed by atoms with van der Waals surface area (Å²) in [6.45, 7) is 2.36. The van der Waals surface area contributed by atoms with E-state index in [0.717, 1.165) is 10.8 Å². The average Bonchev–Trinajstić information content (AvgIpc) is 2.70. The molecule has 3 aromatic rings. The molecule has 0 unspecified atom stereocenters. The molecule has 27 heavy (non-hydrogen) atoms. The van der Waals surface area contributed by atoms with Gasteiger partial charge in [-0.05, 0) is 11.5 Å². The number of fused-ring (bicyclic) bond motifs is 1. The SMILES string of the molecule is COCCN(CCOC)c1ncnc(Oc2cccc3ccccc23)c1N. The third-order valence-electron chi connectivity index (χ3n) is 4.21. The first-order valence-electron chi connectivity index (χ1n) is 8.73. The van der Waals surface area contributed by atoms with Gasteiger partial charge in [-0.15, -0.1) is 0 Å². The van der Waals surface area contributed by atoms with E-state index in [1.165, 1.54) is 6.33 Å². The summed E-state index contributed by atoms with van der Waals surface area (Å²) in [6.07, 6.45) is 1.46. The zero-order valence-corrected chi connectivity index (χ0v) is 15.6. The summed E-state index contributed by atoms with van der Waals surface area (Å²) in [7, 11) is 3.32. The van der Waals surface area contributed by atoms with E-state index in [0.29, 0.717) is 49.4 Å². The van der Waals surface area contributed by atoms with Crippen LogP contribution in [0, 0.1) is 0 Å². The molecule has 0 aliphatic rings. The van der Waals surface area contributed by atoms with Gasteiger partial charge in [0.2, 0.25) is 5.88 Å². The molecule has 0 saturated heterocycles. The number of nitrogens with two attached hydrogens (primary N) is 1. The lowest BCUT2D eigenvalue weighted by Gasteiger charge is -2.24. The van der Waals surface area contributed by atoms with E-state index >= 15 is 0 Å². The van der Waals surface area contributed by atoms with Crippen LogP contribution < -0.4 is 15.4 Å². The minimum absolute atomic E-state index is 0.330. The summed E-state index contributed by atoms with van der Waals surface area (Å²) < 4.78 is 16.4. The van der Waals surface area contributed by atoms with Gasteiger partial charge in [-0.3, -0.25) is 0 Å². The number of anilines is 2. The van der Waals surface area contributed by atoms with Crippen LogP contribution in [0.3, 0.4) is 0 Å². The second kappa shape index (κ2) is 9.16. The van der Waals surface area contributed by atoms with Crippen molar-refractivity contribution in [2.75, 3.05) is 51.2 Å². The van der Waals surface area contributed by atoms with E-state index in [2.05, 4.69) is 9.97 Å². The number of hydrogen-bond donors (Lipinski definition) is 1. The van der Waals surface area contributed by atoms with Gasteiger partial charge < -0.3 is 24.8 Å². The molecule has 2 aromatic carbocycles. The molecule has 0 amide bonds. The second-order valence-electron chi connectivity index (χ2n) is 5.97. The maximum Gasteiger partial charge on any atom is 0.248 e. The van der Waals surface area contributed by atoms with Gasteiger partial charge in [0.05, 0.1) is 13.2 Å². The molecule has 2 N–H and O–H groups in total. The summed E-state index contributed by atoms with van der Waals surface area (Å²) in [5.41, 5.74) is 6.73. The maximum absolute atomic E-state index is 6.35. The number of nitrogens with zero attached hydrogens (tertiary/aromatic N) is 3. The van der Waals surface area contributed by atoms with Crippen molar-refractivity contribution in [2.45, 2.75) is 0 Å². The Hall–Kier alpha value is -2.90. The summed E-state index contributed by atoms with van der Waals surface area (Å²) in [5, 5.41) is 2.08. The molecular weight excluding hydrogens is 344 g/mol. The lowest BCUT2D eigenvalue weighted by atomic mass is 10.1. The molecule has 7 nitrogen and oxygen atoms in total. The number of methoxy groups -OCH3 is 2. The highest BCUT2D eigenvalue weighted by Crippen LogP contribution is 2.34. The Morgan fingerprint density at radius 3 is 2.37 bits per heavy atom. The van der Waals surface area contributed by atoms with Gasteiger partial charge in [0, 0.05) is 32.7 Å². The van der Waals surface area contributed by atoms with Gasteiger partial charge >= 0.3 is 0 Å². The smallest absolute Gasteiger partial charge is 0.248 e. The van der Waals surface area contributed by atoms with Crippen molar-refractivity contribution in [1.82, 2.24) is 9.97 Å². The van der Waals surface area contributed by atoms with Crippen molar-refractivity contribution >= 4 is 22.3 Å². The van der Waals surface area contributed by atoms with E-state index in [9.17, 15) is 0 Å². The molecule has 0 fully saturated rings. The molecule has 0 radical (unpaired) electrons. The number of hydrogen-bond acceptors (Lipinski definition) is 7. The fourth-order valence-corrected chi connectivity index (χ4v) is 2.82. The molecule has 1 aromatic heterocycles. The Bertz CT molecular complexity index is 875. The van der Waals surface area contributed by atoms with Gasteiger partial charge in [0.25, 0.3) is 0 Å². The molecule has 0 spiro atoms. The van der Waals surface area contributed by atoms with Crippen LogP contribution >= 0.6 is 0 Å². The number of aromatic nitrogens is 2. The van der Waals surface area contributed by atoms with E-state index in [1.807, 2.05) is 47.4 Å². The molecule has 0 saturated carbocycles. The Balaban J connectivity index is 1.91. The summed E-state index contributed by atoms with van der Waals surface area (Å²) >= 11 is 0. The van der Waals surface area contributed by atoms with Crippen molar-refractivity contribution in [3.8, 4) is 11.6 Å². The van der Waals surface area contributed by atoms with E-state index in [-0.39, 0.29) is 0 Å². The number of benzene rings is 2. The molecule has 142 valence electrons. The molecule has 0 atom stereocenters. The molecule has 0 aliphatic heterocycles. The predicted molar refractivity (Wildman–Crippen MR) is 106 cm³/mol. The quantitative estimate of drug-likeness (QED) is 0.621. The Kier molecular flexibility index (Phi) is 6.40. The lowest BCUT2D eigenvalue weighted by molar-refractivity contribution is 0.190.